The Kier molecular flexibility index (Phi) is 6.07. The topological polar surface area (TPSA) is 70.6 Å². The average Bonchev–Trinajstić information content (AvgIpc) is 3.04. The molecule has 0 spiro atoms. The van der Waals surface area contributed by atoms with Gasteiger partial charge in [0.25, 0.3) is 0 Å². The Morgan fingerprint density at radius 2 is 2.16 bits per heavy atom. The Bertz CT molecular complexity index is 576. The minimum atomic E-state index is -0.154. The van der Waals surface area contributed by atoms with E-state index in [4.69, 9.17) is 4.74 Å². The zero-order chi connectivity index (χ0) is 17.6. The molecule has 1 aromatic rings. The smallest absolute Gasteiger partial charge is 0.324 e. The van der Waals surface area contributed by atoms with E-state index in [2.05, 4.69) is 27.1 Å². The summed E-state index contributed by atoms with van der Waals surface area (Å²) in [5, 5.41) is 2.85. The molecule has 138 valence electrons. The summed E-state index contributed by atoms with van der Waals surface area (Å²) >= 11 is 0. The lowest BCUT2D eigenvalue weighted by atomic mass is 10.2. The van der Waals surface area contributed by atoms with E-state index in [1.807, 2.05) is 13.0 Å². The van der Waals surface area contributed by atoms with Crippen molar-refractivity contribution in [2.45, 2.75) is 58.1 Å². The maximum atomic E-state index is 12.5. The Morgan fingerprint density at radius 1 is 1.36 bits per heavy atom. The number of ether oxygens (including phenoxy) is 1. The molecular weight excluding hydrogens is 318 g/mol. The van der Waals surface area contributed by atoms with Crippen LogP contribution in [0.25, 0.3) is 0 Å². The molecule has 0 radical (unpaired) electrons. The third-order valence-corrected chi connectivity index (χ3v) is 5.12. The highest BCUT2D eigenvalue weighted by molar-refractivity contribution is 5.87. The van der Waals surface area contributed by atoms with Crippen LogP contribution in [0.2, 0.25) is 0 Å². The van der Waals surface area contributed by atoms with Crippen LogP contribution in [0.15, 0.2) is 12.3 Å². The minimum Gasteiger partial charge on any atom is -0.377 e. The summed E-state index contributed by atoms with van der Waals surface area (Å²) in [5.41, 5.74) is 0. The first-order valence-electron chi connectivity index (χ1n) is 9.44. The highest BCUT2D eigenvalue weighted by atomic mass is 16.5. The van der Waals surface area contributed by atoms with Gasteiger partial charge in [0.05, 0.1) is 12.7 Å². The molecule has 1 atom stereocenters. The number of urea groups is 1. The van der Waals surface area contributed by atoms with Crippen molar-refractivity contribution in [3.05, 3.63) is 12.3 Å². The molecule has 1 aromatic heterocycles. The maximum Gasteiger partial charge on any atom is 0.324 e. The van der Waals surface area contributed by atoms with Crippen LogP contribution < -0.4 is 10.2 Å². The third kappa shape index (κ3) is 4.60. The van der Waals surface area contributed by atoms with E-state index in [9.17, 15) is 4.79 Å². The first-order chi connectivity index (χ1) is 12.2. The van der Waals surface area contributed by atoms with Crippen molar-refractivity contribution in [3.63, 3.8) is 0 Å². The van der Waals surface area contributed by atoms with Crippen molar-refractivity contribution in [3.8, 4) is 0 Å². The number of carbonyl (C=O) groups is 1. The van der Waals surface area contributed by atoms with Crippen LogP contribution in [-0.4, -0.2) is 59.3 Å². The van der Waals surface area contributed by atoms with Crippen LogP contribution in [0.5, 0.6) is 0 Å². The average molecular weight is 347 g/mol. The summed E-state index contributed by atoms with van der Waals surface area (Å²) < 4.78 is 5.60. The van der Waals surface area contributed by atoms with Gasteiger partial charge in [-0.3, -0.25) is 5.32 Å². The van der Waals surface area contributed by atoms with E-state index in [-0.39, 0.29) is 12.1 Å². The largest absolute Gasteiger partial charge is 0.377 e. The number of rotatable bonds is 4. The zero-order valence-electron chi connectivity index (χ0n) is 15.3. The lowest BCUT2D eigenvalue weighted by molar-refractivity contribution is 0.0761. The van der Waals surface area contributed by atoms with Gasteiger partial charge in [-0.1, -0.05) is 12.8 Å². The fourth-order valence-electron chi connectivity index (χ4n) is 3.67. The molecule has 2 aliphatic rings. The first-order valence-corrected chi connectivity index (χ1v) is 9.44. The molecule has 1 aliphatic heterocycles. The van der Waals surface area contributed by atoms with Crippen molar-refractivity contribution >= 4 is 17.8 Å². The van der Waals surface area contributed by atoms with Crippen molar-refractivity contribution in [2.75, 3.05) is 36.5 Å². The predicted octanol–water partition coefficient (Wildman–Crippen LogP) is 2.89. The van der Waals surface area contributed by atoms with Gasteiger partial charge in [0.15, 0.2) is 0 Å². The number of nitrogens with zero attached hydrogens (tertiary/aromatic N) is 4. The van der Waals surface area contributed by atoms with E-state index in [0.29, 0.717) is 31.7 Å². The standard InChI is InChI=1S/C18H29N5O2/c1-3-23(15-6-4-5-7-15)16-8-10-19-17(20-16)21-18(24)22-11-9-14(2)25-13-12-22/h8,10,14-15H,3-7,9,11-13H2,1-2H3,(H,19,20,21,24). The second kappa shape index (κ2) is 8.47. The molecule has 2 heterocycles. The molecule has 2 fully saturated rings. The number of carbonyl (C=O) groups excluding carboxylic acids is 1. The van der Waals surface area contributed by atoms with Gasteiger partial charge in [0, 0.05) is 31.9 Å². The fourth-order valence-corrected chi connectivity index (χ4v) is 3.67. The van der Waals surface area contributed by atoms with Gasteiger partial charge in [-0.15, -0.1) is 0 Å². The minimum absolute atomic E-state index is 0.154. The van der Waals surface area contributed by atoms with Crippen LogP contribution in [0.4, 0.5) is 16.6 Å². The highest BCUT2D eigenvalue weighted by Gasteiger charge is 2.23. The summed E-state index contributed by atoms with van der Waals surface area (Å²) in [6, 6.07) is 2.32. The lowest BCUT2D eigenvalue weighted by Crippen LogP contribution is -2.37. The Balaban J connectivity index is 1.65. The Morgan fingerprint density at radius 3 is 2.92 bits per heavy atom. The number of nitrogens with one attached hydrogen (secondary N) is 1. The molecule has 1 saturated carbocycles. The SMILES string of the molecule is CCN(c1ccnc(NC(=O)N2CCOC(C)CC2)n1)C1CCCC1. The highest BCUT2D eigenvalue weighted by Crippen LogP contribution is 2.27. The van der Waals surface area contributed by atoms with Crippen molar-refractivity contribution in [1.29, 1.82) is 0 Å². The number of anilines is 2. The third-order valence-electron chi connectivity index (χ3n) is 5.12. The van der Waals surface area contributed by atoms with Crippen LogP contribution in [0, 0.1) is 0 Å². The normalized spacial score (nSPS) is 21.8. The molecule has 3 rings (SSSR count). The maximum absolute atomic E-state index is 12.5. The van der Waals surface area contributed by atoms with Crippen LogP contribution in [0.3, 0.4) is 0 Å². The quantitative estimate of drug-likeness (QED) is 0.907. The molecule has 0 bridgehead atoms. The molecule has 1 aliphatic carbocycles. The molecule has 1 saturated heterocycles. The van der Waals surface area contributed by atoms with Gasteiger partial charge < -0.3 is 14.5 Å². The second-order valence-corrected chi connectivity index (χ2v) is 6.85. The molecule has 1 N–H and O–H groups in total. The predicted molar refractivity (Wildman–Crippen MR) is 97.9 cm³/mol. The lowest BCUT2D eigenvalue weighted by Gasteiger charge is -2.29. The van der Waals surface area contributed by atoms with Crippen molar-refractivity contribution in [2.24, 2.45) is 0 Å². The first kappa shape index (κ1) is 17.9. The summed E-state index contributed by atoms with van der Waals surface area (Å²) in [6.07, 6.45) is 7.76. The van der Waals surface area contributed by atoms with E-state index >= 15 is 0 Å². The molecule has 7 heteroatoms. The summed E-state index contributed by atoms with van der Waals surface area (Å²) in [5.74, 6) is 1.27. The molecular formula is C18H29N5O2. The van der Waals surface area contributed by atoms with Gasteiger partial charge >= 0.3 is 6.03 Å². The van der Waals surface area contributed by atoms with Gasteiger partial charge in [-0.25, -0.2) is 9.78 Å². The number of aromatic nitrogens is 2. The fraction of sp³-hybridized carbons (Fsp3) is 0.722. The zero-order valence-corrected chi connectivity index (χ0v) is 15.3. The second-order valence-electron chi connectivity index (χ2n) is 6.85. The molecule has 1 unspecified atom stereocenters. The summed E-state index contributed by atoms with van der Waals surface area (Å²) in [6.45, 7) is 6.96. The van der Waals surface area contributed by atoms with Gasteiger partial charge in [-0.2, -0.15) is 4.98 Å². The van der Waals surface area contributed by atoms with Crippen LogP contribution in [0.1, 0.15) is 46.0 Å². The van der Waals surface area contributed by atoms with Gasteiger partial charge in [0.1, 0.15) is 5.82 Å². The molecule has 2 amide bonds. The molecule has 7 nitrogen and oxygen atoms in total. The number of amides is 2. The summed E-state index contributed by atoms with van der Waals surface area (Å²) in [4.78, 5) is 25.4. The van der Waals surface area contributed by atoms with Gasteiger partial charge in [0.2, 0.25) is 5.95 Å². The Labute approximate surface area is 149 Å². The van der Waals surface area contributed by atoms with E-state index in [1.54, 1.807) is 11.1 Å². The summed E-state index contributed by atoms with van der Waals surface area (Å²) in [7, 11) is 0. The van der Waals surface area contributed by atoms with Crippen molar-refractivity contribution in [1.82, 2.24) is 14.9 Å². The Hall–Kier alpha value is -1.89. The number of hydrogen-bond acceptors (Lipinski definition) is 5. The van der Waals surface area contributed by atoms with E-state index in [0.717, 1.165) is 18.8 Å². The van der Waals surface area contributed by atoms with E-state index < -0.39 is 0 Å². The molecule has 25 heavy (non-hydrogen) atoms. The molecule has 0 aromatic carbocycles. The monoisotopic (exact) mass is 347 g/mol. The number of hydrogen-bond donors (Lipinski definition) is 1. The van der Waals surface area contributed by atoms with Crippen LogP contribution in [-0.2, 0) is 4.74 Å². The van der Waals surface area contributed by atoms with E-state index in [1.165, 1.54) is 25.7 Å². The van der Waals surface area contributed by atoms with Crippen LogP contribution >= 0.6 is 0 Å². The van der Waals surface area contributed by atoms with Gasteiger partial charge in [-0.05, 0) is 39.2 Å². The van der Waals surface area contributed by atoms with Crippen molar-refractivity contribution < 1.29 is 9.53 Å².